The molecule has 0 spiro atoms. The number of hydrogen-bond acceptors (Lipinski definition) is 3. The van der Waals surface area contributed by atoms with Gasteiger partial charge in [-0.25, -0.2) is 0 Å². The Hall–Kier alpha value is -2.05. The highest BCUT2D eigenvalue weighted by atomic mass is 79.9. The first kappa shape index (κ1) is 15.3. The quantitative estimate of drug-likeness (QED) is 0.335. The molecule has 5 nitrogen and oxygen atoms in total. The molecular formula is C14H11BrClN3O2. The molecule has 1 amide bonds. The topological polar surface area (TPSA) is 87.7 Å². The fraction of sp³-hybridized carbons (Fsp3) is 0. The van der Waals surface area contributed by atoms with E-state index in [1.807, 2.05) is 0 Å². The summed E-state index contributed by atoms with van der Waals surface area (Å²) in [5, 5.41) is 14.9. The number of amides is 1. The van der Waals surface area contributed by atoms with Crippen LogP contribution >= 0.6 is 27.5 Å². The third kappa shape index (κ3) is 3.74. The summed E-state index contributed by atoms with van der Waals surface area (Å²) in [5.74, 6) is -0.372. The van der Waals surface area contributed by atoms with Crippen LogP contribution in [0.5, 0.6) is 0 Å². The Balaban J connectivity index is 2.24. The van der Waals surface area contributed by atoms with Gasteiger partial charge in [0, 0.05) is 20.6 Å². The zero-order valence-corrected chi connectivity index (χ0v) is 13.0. The number of anilines is 1. The lowest BCUT2D eigenvalue weighted by molar-refractivity contribution is 0.102. The number of nitrogens with zero attached hydrogens (tertiary/aromatic N) is 1. The maximum Gasteiger partial charge on any atom is 0.255 e. The molecule has 0 fully saturated rings. The lowest BCUT2D eigenvalue weighted by atomic mass is 10.1. The molecule has 0 aromatic heterocycles. The SMILES string of the molecule is N/C(=N/O)c1cccc(C(=O)Nc2ccc(Cl)cc2Br)c1. The largest absolute Gasteiger partial charge is 0.409 e. The standard InChI is InChI=1S/C14H11BrClN3O2/c15-11-7-10(16)4-5-12(11)18-14(20)9-3-1-2-8(6-9)13(17)19-21/h1-7,21H,(H2,17,19)(H,18,20). The molecule has 108 valence electrons. The molecule has 0 aliphatic rings. The van der Waals surface area contributed by atoms with Crippen LogP contribution in [-0.2, 0) is 0 Å². The molecule has 2 rings (SSSR count). The summed E-state index contributed by atoms with van der Waals surface area (Å²) in [4.78, 5) is 12.2. The van der Waals surface area contributed by atoms with Crippen LogP contribution in [0.25, 0.3) is 0 Å². The van der Waals surface area contributed by atoms with E-state index in [-0.39, 0.29) is 11.7 Å². The normalized spacial score (nSPS) is 11.2. The van der Waals surface area contributed by atoms with E-state index in [4.69, 9.17) is 22.5 Å². The second-order valence-electron chi connectivity index (χ2n) is 4.14. The summed E-state index contributed by atoms with van der Waals surface area (Å²) >= 11 is 9.17. The molecule has 0 unspecified atom stereocenters. The van der Waals surface area contributed by atoms with Crippen LogP contribution < -0.4 is 11.1 Å². The fourth-order valence-electron chi connectivity index (χ4n) is 1.66. The summed E-state index contributed by atoms with van der Waals surface area (Å²) in [6, 6.07) is 11.5. The minimum atomic E-state index is -0.314. The summed E-state index contributed by atoms with van der Waals surface area (Å²) in [7, 11) is 0. The lowest BCUT2D eigenvalue weighted by Crippen LogP contribution is -2.16. The molecule has 0 saturated carbocycles. The van der Waals surface area contributed by atoms with Gasteiger partial charge in [0.2, 0.25) is 0 Å². The predicted molar refractivity (Wildman–Crippen MR) is 86.1 cm³/mol. The van der Waals surface area contributed by atoms with Gasteiger partial charge in [-0.1, -0.05) is 28.9 Å². The Kier molecular flexibility index (Phi) is 4.82. The van der Waals surface area contributed by atoms with Crippen molar-refractivity contribution in [2.75, 3.05) is 5.32 Å². The number of carbonyl (C=O) groups excluding carboxylic acids is 1. The van der Waals surface area contributed by atoms with Gasteiger partial charge < -0.3 is 16.3 Å². The van der Waals surface area contributed by atoms with Gasteiger partial charge in [0.05, 0.1) is 5.69 Å². The van der Waals surface area contributed by atoms with Crippen molar-refractivity contribution in [2.24, 2.45) is 10.9 Å². The van der Waals surface area contributed by atoms with Crippen molar-refractivity contribution in [3.63, 3.8) is 0 Å². The average molecular weight is 369 g/mol. The van der Waals surface area contributed by atoms with Crippen LogP contribution in [0.4, 0.5) is 5.69 Å². The lowest BCUT2D eigenvalue weighted by Gasteiger charge is -2.08. The Morgan fingerprint density at radius 1 is 1.24 bits per heavy atom. The van der Waals surface area contributed by atoms with Crippen LogP contribution in [0.15, 0.2) is 52.1 Å². The van der Waals surface area contributed by atoms with E-state index in [2.05, 4.69) is 26.4 Å². The molecule has 0 saturated heterocycles. The highest BCUT2D eigenvalue weighted by Gasteiger charge is 2.10. The smallest absolute Gasteiger partial charge is 0.255 e. The number of amidine groups is 1. The summed E-state index contributed by atoms with van der Waals surface area (Å²) in [5.41, 5.74) is 6.95. The average Bonchev–Trinajstić information content (AvgIpc) is 2.49. The molecule has 0 aliphatic heterocycles. The van der Waals surface area contributed by atoms with Gasteiger partial charge in [-0.3, -0.25) is 4.79 Å². The van der Waals surface area contributed by atoms with Crippen molar-refractivity contribution < 1.29 is 10.0 Å². The van der Waals surface area contributed by atoms with E-state index >= 15 is 0 Å². The third-order valence-corrected chi connectivity index (χ3v) is 3.60. The fourth-order valence-corrected chi connectivity index (χ4v) is 2.44. The minimum Gasteiger partial charge on any atom is -0.409 e. The van der Waals surface area contributed by atoms with Crippen LogP contribution in [0.2, 0.25) is 5.02 Å². The first-order valence-electron chi connectivity index (χ1n) is 5.85. The minimum absolute atomic E-state index is 0.0580. The Morgan fingerprint density at radius 2 is 1.95 bits per heavy atom. The highest BCUT2D eigenvalue weighted by molar-refractivity contribution is 9.10. The summed E-state index contributed by atoms with van der Waals surface area (Å²) in [6.07, 6.45) is 0. The molecule has 2 aromatic rings. The van der Waals surface area contributed by atoms with E-state index in [1.54, 1.807) is 36.4 Å². The van der Waals surface area contributed by atoms with Gasteiger partial charge in [-0.05, 0) is 46.3 Å². The first-order valence-corrected chi connectivity index (χ1v) is 7.02. The van der Waals surface area contributed by atoms with E-state index in [1.165, 1.54) is 6.07 Å². The Labute approximate surface area is 134 Å². The molecule has 0 atom stereocenters. The van der Waals surface area contributed by atoms with Crippen molar-refractivity contribution in [1.82, 2.24) is 0 Å². The zero-order valence-electron chi connectivity index (χ0n) is 10.7. The van der Waals surface area contributed by atoms with Crippen molar-refractivity contribution in [3.8, 4) is 0 Å². The Morgan fingerprint density at radius 3 is 2.62 bits per heavy atom. The van der Waals surface area contributed by atoms with Gasteiger partial charge in [-0.15, -0.1) is 0 Å². The van der Waals surface area contributed by atoms with Gasteiger partial charge in [-0.2, -0.15) is 0 Å². The molecule has 0 bridgehead atoms. The van der Waals surface area contributed by atoms with Crippen molar-refractivity contribution in [2.45, 2.75) is 0 Å². The monoisotopic (exact) mass is 367 g/mol. The molecule has 2 aromatic carbocycles. The summed E-state index contributed by atoms with van der Waals surface area (Å²) in [6.45, 7) is 0. The number of oxime groups is 1. The van der Waals surface area contributed by atoms with Gasteiger partial charge in [0.15, 0.2) is 5.84 Å². The molecule has 0 radical (unpaired) electrons. The molecule has 0 aliphatic carbocycles. The van der Waals surface area contributed by atoms with Crippen molar-refractivity contribution >= 4 is 45.0 Å². The third-order valence-electron chi connectivity index (χ3n) is 2.71. The number of nitrogens with two attached hydrogens (primary N) is 1. The second-order valence-corrected chi connectivity index (χ2v) is 5.44. The predicted octanol–water partition coefficient (Wildman–Crippen LogP) is 3.45. The molecule has 7 heteroatoms. The number of benzene rings is 2. The van der Waals surface area contributed by atoms with Gasteiger partial charge in [0.1, 0.15) is 0 Å². The molecule has 4 N–H and O–H groups in total. The van der Waals surface area contributed by atoms with Gasteiger partial charge >= 0.3 is 0 Å². The molecule has 0 heterocycles. The zero-order chi connectivity index (χ0) is 15.4. The van der Waals surface area contributed by atoms with Crippen molar-refractivity contribution in [3.05, 3.63) is 63.1 Å². The number of halogens is 2. The second kappa shape index (κ2) is 6.60. The van der Waals surface area contributed by atoms with E-state index in [0.29, 0.717) is 26.3 Å². The number of nitrogens with one attached hydrogen (secondary N) is 1. The van der Waals surface area contributed by atoms with Gasteiger partial charge in [0.25, 0.3) is 5.91 Å². The molecule has 21 heavy (non-hydrogen) atoms. The van der Waals surface area contributed by atoms with Crippen LogP contribution in [0.3, 0.4) is 0 Å². The summed E-state index contributed by atoms with van der Waals surface area (Å²) < 4.78 is 0.677. The number of hydrogen-bond donors (Lipinski definition) is 3. The van der Waals surface area contributed by atoms with Crippen LogP contribution in [0, 0.1) is 0 Å². The first-order chi connectivity index (χ1) is 10.0. The van der Waals surface area contributed by atoms with E-state index < -0.39 is 0 Å². The maximum atomic E-state index is 12.2. The highest BCUT2D eigenvalue weighted by Crippen LogP contribution is 2.26. The van der Waals surface area contributed by atoms with Crippen LogP contribution in [-0.4, -0.2) is 17.0 Å². The number of carbonyl (C=O) groups is 1. The van der Waals surface area contributed by atoms with Crippen molar-refractivity contribution in [1.29, 1.82) is 0 Å². The Bertz CT molecular complexity index is 719. The van der Waals surface area contributed by atoms with E-state index in [9.17, 15) is 4.79 Å². The van der Waals surface area contributed by atoms with Crippen LogP contribution in [0.1, 0.15) is 15.9 Å². The van der Waals surface area contributed by atoms with E-state index in [0.717, 1.165) is 0 Å². The molecular weight excluding hydrogens is 358 g/mol. The maximum absolute atomic E-state index is 12.2. The number of rotatable bonds is 3.